The molecule has 4 aromatic carbocycles. The largest absolute Gasteiger partial charge is 0.490 e. The highest BCUT2D eigenvalue weighted by atomic mass is 32.2. The lowest BCUT2D eigenvalue weighted by atomic mass is 9.88. The van der Waals surface area contributed by atoms with E-state index in [2.05, 4.69) is 33.3 Å². The number of fused-ring (bicyclic) bond motifs is 4. The van der Waals surface area contributed by atoms with Crippen LogP contribution in [0.4, 0.5) is 4.79 Å². The molecule has 1 aliphatic heterocycles. The van der Waals surface area contributed by atoms with Crippen molar-refractivity contribution >= 4 is 34.0 Å². The van der Waals surface area contributed by atoms with E-state index in [1.165, 1.54) is 7.11 Å². The zero-order valence-corrected chi connectivity index (χ0v) is 38.4. The lowest BCUT2D eigenvalue weighted by Gasteiger charge is -2.35. The number of esters is 1. The number of hydrogen-bond acceptors (Lipinski definition) is 10. The first kappa shape index (κ1) is 47.1. The molecule has 2 amide bonds. The van der Waals surface area contributed by atoms with Crippen molar-refractivity contribution in [1.82, 2.24) is 20.7 Å². The van der Waals surface area contributed by atoms with Gasteiger partial charge in [-0.2, -0.15) is 0 Å². The molecular weight excluding hydrogens is 835 g/mol. The molecule has 2 aliphatic rings. The predicted molar refractivity (Wildman–Crippen MR) is 245 cm³/mol. The van der Waals surface area contributed by atoms with Gasteiger partial charge in [-0.05, 0) is 135 Å². The fraction of sp³-hybridized carbons (Fsp3) is 0.388. The number of ether oxygens (including phenoxy) is 4. The van der Waals surface area contributed by atoms with Gasteiger partial charge in [0, 0.05) is 18.9 Å². The fourth-order valence-electron chi connectivity index (χ4n) is 8.58. The number of rotatable bonds is 17. The van der Waals surface area contributed by atoms with Crippen LogP contribution in [-0.4, -0.2) is 76.9 Å². The Balaban J connectivity index is 1.14. The van der Waals surface area contributed by atoms with Gasteiger partial charge < -0.3 is 34.9 Å². The number of hydrogen-bond donors (Lipinski definition) is 5. The number of guanidine groups is 1. The number of benzene rings is 4. The van der Waals surface area contributed by atoms with E-state index in [1.807, 2.05) is 64.1 Å². The number of methoxy groups -OCH3 is 1. The van der Waals surface area contributed by atoms with Crippen LogP contribution in [0, 0.1) is 33.1 Å². The molecule has 1 unspecified atom stereocenters. The van der Waals surface area contributed by atoms with Gasteiger partial charge in [-0.15, -0.1) is 0 Å². The Kier molecular flexibility index (Phi) is 14.7. The van der Waals surface area contributed by atoms with Crippen LogP contribution >= 0.6 is 0 Å². The third-order valence-electron chi connectivity index (χ3n) is 12.0. The van der Waals surface area contributed by atoms with Gasteiger partial charge in [-0.1, -0.05) is 67.3 Å². The van der Waals surface area contributed by atoms with E-state index in [-0.39, 0.29) is 48.8 Å². The highest BCUT2D eigenvalue weighted by molar-refractivity contribution is 7.90. The molecule has 5 N–H and O–H groups in total. The Labute approximate surface area is 376 Å². The number of alkyl carbamates (subject to hydrolysis) is 1. The van der Waals surface area contributed by atoms with Crippen molar-refractivity contribution < 1.29 is 41.7 Å². The molecular formula is C49H59N5O9S. The summed E-state index contributed by atoms with van der Waals surface area (Å²) in [5.41, 5.74) is 8.36. The summed E-state index contributed by atoms with van der Waals surface area (Å²) in [4.78, 5) is 40.7. The van der Waals surface area contributed by atoms with Crippen molar-refractivity contribution in [2.24, 2.45) is 0 Å². The molecule has 0 fully saturated rings. The standard InChI is InChI=1S/C49H59N5O9S/c1-9-26-61-34-21-19-33(20-22-34)27-41(46(56)60-8)52-45(55)40(53-48(57)62-28-39-37-16-11-10-15-36(37)38-17-12-14-29(2)42(38)39)18-13-25-51-47(50)54-64(58,59)44-31(4)30(3)43-35(32(44)5)23-24-49(6,7)63-43/h9-12,14-17,19-22,39-41H,1,13,18,23-28H2,2-8H3,(H,52,55)(H,53,57)(H3,50,51,54)/t39?,40-,41+/m1/s1. The fourth-order valence-corrected chi connectivity index (χ4v) is 10.1. The first-order valence-corrected chi connectivity index (χ1v) is 22.9. The van der Waals surface area contributed by atoms with Gasteiger partial charge >= 0.3 is 12.1 Å². The molecule has 0 aromatic heterocycles. The van der Waals surface area contributed by atoms with Gasteiger partial charge in [0.15, 0.2) is 0 Å². The van der Waals surface area contributed by atoms with E-state index in [4.69, 9.17) is 24.4 Å². The Morgan fingerprint density at radius 1 is 0.938 bits per heavy atom. The lowest BCUT2D eigenvalue weighted by Crippen LogP contribution is -2.52. The minimum atomic E-state index is -4.18. The third-order valence-corrected chi connectivity index (χ3v) is 13.6. The second-order valence-corrected chi connectivity index (χ2v) is 18.5. The van der Waals surface area contributed by atoms with Crippen LogP contribution in [0.5, 0.6) is 11.5 Å². The van der Waals surface area contributed by atoms with E-state index >= 15 is 0 Å². The Hall–Kier alpha value is -6.35. The van der Waals surface area contributed by atoms with Crippen LogP contribution in [0.1, 0.15) is 83.5 Å². The van der Waals surface area contributed by atoms with Crippen molar-refractivity contribution in [3.63, 3.8) is 0 Å². The molecule has 0 spiro atoms. The second-order valence-electron chi connectivity index (χ2n) is 16.9. The monoisotopic (exact) mass is 893 g/mol. The molecule has 15 heteroatoms. The number of nitrogens with one attached hydrogen (secondary N) is 5. The summed E-state index contributed by atoms with van der Waals surface area (Å²) in [5.74, 6) is -0.714. The van der Waals surface area contributed by atoms with Gasteiger partial charge in [0.1, 0.15) is 42.4 Å². The predicted octanol–water partition coefficient (Wildman–Crippen LogP) is 6.98. The van der Waals surface area contributed by atoms with Crippen molar-refractivity contribution in [3.05, 3.63) is 124 Å². The Morgan fingerprint density at radius 2 is 1.66 bits per heavy atom. The maximum Gasteiger partial charge on any atom is 0.407 e. The zero-order chi connectivity index (χ0) is 46.3. The summed E-state index contributed by atoms with van der Waals surface area (Å²) in [6.07, 6.45) is 2.49. The van der Waals surface area contributed by atoms with Crippen molar-refractivity contribution in [1.29, 1.82) is 5.41 Å². The van der Waals surface area contributed by atoms with Crippen molar-refractivity contribution in [2.75, 3.05) is 26.9 Å². The SMILES string of the molecule is C=CCOc1ccc(C[C@H](NC(=O)[C@@H](CCCNC(=N)NS(=O)(=O)c2c(C)c(C)c3c(c2C)CCC(C)(C)O3)NC(=O)OCC2c3ccccc3-c3cccc(C)c32)C(=O)OC)cc1. The number of carbonyl (C=O) groups excluding carboxylic acids is 3. The van der Waals surface area contributed by atoms with Crippen molar-refractivity contribution in [3.8, 4) is 22.6 Å². The summed E-state index contributed by atoms with van der Waals surface area (Å²) in [5, 5.41) is 16.8. The lowest BCUT2D eigenvalue weighted by molar-refractivity contribution is -0.145. The average Bonchev–Trinajstić information content (AvgIpc) is 3.58. The summed E-state index contributed by atoms with van der Waals surface area (Å²) in [6, 6.07) is 18.8. The molecule has 0 radical (unpaired) electrons. The molecule has 6 rings (SSSR count). The molecule has 4 aromatic rings. The molecule has 0 saturated carbocycles. The molecule has 0 bridgehead atoms. The maximum absolute atomic E-state index is 14.0. The normalized spacial score (nSPS) is 15.5. The minimum Gasteiger partial charge on any atom is -0.490 e. The maximum atomic E-state index is 14.0. The topological polar surface area (TPSA) is 194 Å². The first-order valence-electron chi connectivity index (χ1n) is 21.4. The summed E-state index contributed by atoms with van der Waals surface area (Å²) in [7, 11) is -2.96. The number of carbonyl (C=O) groups is 3. The highest BCUT2D eigenvalue weighted by Crippen LogP contribution is 2.46. The molecule has 64 heavy (non-hydrogen) atoms. The van der Waals surface area contributed by atoms with E-state index in [0.29, 0.717) is 35.7 Å². The van der Waals surface area contributed by atoms with E-state index in [0.717, 1.165) is 50.9 Å². The van der Waals surface area contributed by atoms with E-state index in [1.54, 1.807) is 44.2 Å². The number of amides is 2. The third kappa shape index (κ3) is 10.7. The van der Waals surface area contributed by atoms with Gasteiger partial charge in [0.05, 0.1) is 12.0 Å². The number of sulfonamides is 1. The van der Waals surface area contributed by atoms with Crippen LogP contribution in [0.25, 0.3) is 11.1 Å². The van der Waals surface area contributed by atoms with Crippen LogP contribution < -0.4 is 30.1 Å². The van der Waals surface area contributed by atoms with Gasteiger partial charge in [-0.25, -0.2) is 22.7 Å². The second kappa shape index (κ2) is 20.0. The van der Waals surface area contributed by atoms with Gasteiger partial charge in [-0.3, -0.25) is 10.2 Å². The van der Waals surface area contributed by atoms with Crippen LogP contribution in [0.3, 0.4) is 0 Å². The van der Waals surface area contributed by atoms with E-state index < -0.39 is 46.0 Å². The van der Waals surface area contributed by atoms with Crippen LogP contribution in [0.15, 0.2) is 84.3 Å². The summed E-state index contributed by atoms with van der Waals surface area (Å²) >= 11 is 0. The molecule has 340 valence electrons. The summed E-state index contributed by atoms with van der Waals surface area (Å²) in [6.45, 7) is 15.4. The van der Waals surface area contributed by atoms with Crippen LogP contribution in [0.2, 0.25) is 0 Å². The molecule has 14 nitrogen and oxygen atoms in total. The quantitative estimate of drug-likeness (QED) is 0.0243. The molecule has 0 saturated heterocycles. The molecule has 1 aliphatic carbocycles. The van der Waals surface area contributed by atoms with Crippen LogP contribution in [-0.2, 0) is 41.9 Å². The van der Waals surface area contributed by atoms with Gasteiger partial charge in [0.25, 0.3) is 10.0 Å². The molecule has 3 atom stereocenters. The van der Waals surface area contributed by atoms with E-state index in [9.17, 15) is 22.8 Å². The average molecular weight is 894 g/mol. The Bertz CT molecular complexity index is 2540. The zero-order valence-electron chi connectivity index (χ0n) is 37.6. The van der Waals surface area contributed by atoms with Gasteiger partial charge in [0.2, 0.25) is 11.9 Å². The summed E-state index contributed by atoms with van der Waals surface area (Å²) < 4.78 is 52.6. The minimum absolute atomic E-state index is 0.0128. The Morgan fingerprint density at radius 3 is 2.38 bits per heavy atom. The molecule has 1 heterocycles. The first-order chi connectivity index (χ1) is 30.4. The highest BCUT2D eigenvalue weighted by Gasteiger charge is 2.35. The smallest absolute Gasteiger partial charge is 0.407 e. The van der Waals surface area contributed by atoms with Crippen molar-refractivity contribution in [2.45, 2.75) is 102 Å². The number of aryl methyl sites for hydroxylation is 1.